The molecule has 1 heterocycles. The zero-order chi connectivity index (χ0) is 12.4. The molecule has 2 N–H and O–H groups in total. The fraction of sp³-hybridized carbons (Fsp3) is 0.0833. The van der Waals surface area contributed by atoms with E-state index in [4.69, 9.17) is 9.52 Å². The predicted molar refractivity (Wildman–Crippen MR) is 68.9 cm³/mol. The van der Waals surface area contributed by atoms with E-state index >= 15 is 0 Å². The molecule has 0 fully saturated rings. The van der Waals surface area contributed by atoms with Crippen LogP contribution in [0.5, 0.6) is 0 Å². The summed E-state index contributed by atoms with van der Waals surface area (Å²) in [7, 11) is 0. The lowest BCUT2D eigenvalue weighted by Crippen LogP contribution is -1.98. The maximum atomic E-state index is 10.7. The van der Waals surface area contributed by atoms with Gasteiger partial charge in [-0.3, -0.25) is 0 Å². The van der Waals surface area contributed by atoms with Crippen molar-refractivity contribution >= 4 is 28.6 Å². The minimum absolute atomic E-state index is 0.176. The van der Waals surface area contributed by atoms with E-state index in [1.807, 2.05) is 18.2 Å². The highest BCUT2D eigenvalue weighted by atomic mass is 127. The molecule has 1 atom stereocenters. The predicted octanol–water partition coefficient (Wildman–Crippen LogP) is 2.66. The van der Waals surface area contributed by atoms with Gasteiger partial charge in [0.25, 0.3) is 0 Å². The molecule has 0 radical (unpaired) electrons. The molecule has 1 unspecified atom stereocenters. The maximum Gasteiger partial charge on any atom is 0.371 e. The van der Waals surface area contributed by atoms with E-state index in [9.17, 15) is 9.90 Å². The van der Waals surface area contributed by atoms with Crippen LogP contribution in [0.3, 0.4) is 0 Å². The zero-order valence-electron chi connectivity index (χ0n) is 8.63. The number of carboxylic acids is 1. The minimum atomic E-state index is -1.15. The highest BCUT2D eigenvalue weighted by Gasteiger charge is 2.17. The van der Waals surface area contributed by atoms with Crippen molar-refractivity contribution in [1.82, 2.24) is 0 Å². The standard InChI is InChI=1S/C12H9IO4/c13-8-3-1-2-7(6-8)11(14)9-4-5-10(17-9)12(15)16/h1-6,11,14H,(H,15,16). The first-order valence-electron chi connectivity index (χ1n) is 4.84. The molecule has 17 heavy (non-hydrogen) atoms. The first kappa shape index (κ1) is 12.1. The van der Waals surface area contributed by atoms with Gasteiger partial charge in [0.15, 0.2) is 0 Å². The van der Waals surface area contributed by atoms with Gasteiger partial charge in [0.1, 0.15) is 11.9 Å². The fourth-order valence-electron chi connectivity index (χ4n) is 1.46. The van der Waals surface area contributed by atoms with Crippen LogP contribution in [0.15, 0.2) is 40.8 Å². The van der Waals surface area contributed by atoms with Gasteiger partial charge in [-0.05, 0) is 52.4 Å². The van der Waals surface area contributed by atoms with Crippen LogP contribution in [0, 0.1) is 3.57 Å². The molecule has 2 aromatic rings. The van der Waals surface area contributed by atoms with E-state index in [0.717, 1.165) is 3.57 Å². The number of aliphatic hydroxyl groups excluding tert-OH is 1. The SMILES string of the molecule is O=C(O)c1ccc(C(O)c2cccc(I)c2)o1. The lowest BCUT2D eigenvalue weighted by molar-refractivity contribution is 0.0655. The van der Waals surface area contributed by atoms with E-state index in [-0.39, 0.29) is 11.5 Å². The van der Waals surface area contributed by atoms with Crippen molar-refractivity contribution in [2.24, 2.45) is 0 Å². The normalized spacial score (nSPS) is 12.4. The molecule has 88 valence electrons. The number of carboxylic acid groups (broad SMARTS) is 1. The lowest BCUT2D eigenvalue weighted by Gasteiger charge is -2.08. The Kier molecular flexibility index (Phi) is 3.49. The number of aromatic carboxylic acids is 1. The summed E-state index contributed by atoms with van der Waals surface area (Å²) >= 11 is 2.14. The lowest BCUT2D eigenvalue weighted by atomic mass is 10.1. The Hall–Kier alpha value is -1.34. The molecule has 5 heteroatoms. The van der Waals surface area contributed by atoms with Gasteiger partial charge < -0.3 is 14.6 Å². The summed E-state index contributed by atoms with van der Waals surface area (Å²) in [5.74, 6) is -1.10. The quantitative estimate of drug-likeness (QED) is 0.840. The largest absolute Gasteiger partial charge is 0.475 e. The topological polar surface area (TPSA) is 70.7 Å². The summed E-state index contributed by atoms with van der Waals surface area (Å²) in [6.45, 7) is 0. The van der Waals surface area contributed by atoms with Gasteiger partial charge in [0, 0.05) is 3.57 Å². The molecule has 0 aliphatic rings. The van der Waals surface area contributed by atoms with Crippen LogP contribution in [-0.4, -0.2) is 16.2 Å². The molecule has 1 aromatic carbocycles. The number of halogens is 1. The Morgan fingerprint density at radius 3 is 2.65 bits per heavy atom. The van der Waals surface area contributed by atoms with Gasteiger partial charge >= 0.3 is 5.97 Å². The van der Waals surface area contributed by atoms with E-state index in [2.05, 4.69) is 22.6 Å². The van der Waals surface area contributed by atoms with E-state index < -0.39 is 12.1 Å². The first-order chi connectivity index (χ1) is 8.08. The zero-order valence-corrected chi connectivity index (χ0v) is 10.8. The Morgan fingerprint density at radius 2 is 2.06 bits per heavy atom. The van der Waals surface area contributed by atoms with Gasteiger partial charge in [-0.1, -0.05) is 12.1 Å². The van der Waals surface area contributed by atoms with Gasteiger partial charge in [0.2, 0.25) is 5.76 Å². The van der Waals surface area contributed by atoms with Crippen molar-refractivity contribution in [2.75, 3.05) is 0 Å². The minimum Gasteiger partial charge on any atom is -0.475 e. The van der Waals surface area contributed by atoms with Crippen LogP contribution in [0.25, 0.3) is 0 Å². The van der Waals surface area contributed by atoms with Crippen molar-refractivity contribution < 1.29 is 19.4 Å². The molecular weight excluding hydrogens is 335 g/mol. The first-order valence-corrected chi connectivity index (χ1v) is 5.92. The average Bonchev–Trinajstić information content (AvgIpc) is 2.77. The molecule has 0 aliphatic heterocycles. The van der Waals surface area contributed by atoms with Crippen molar-refractivity contribution in [3.63, 3.8) is 0 Å². The van der Waals surface area contributed by atoms with Crippen molar-refractivity contribution in [3.8, 4) is 0 Å². The molecule has 0 bridgehead atoms. The highest BCUT2D eigenvalue weighted by molar-refractivity contribution is 14.1. The Morgan fingerprint density at radius 1 is 1.29 bits per heavy atom. The molecule has 0 aliphatic carbocycles. The molecule has 4 nitrogen and oxygen atoms in total. The van der Waals surface area contributed by atoms with Crippen LogP contribution >= 0.6 is 22.6 Å². The highest BCUT2D eigenvalue weighted by Crippen LogP contribution is 2.24. The Labute approximate surface area is 111 Å². The second kappa shape index (κ2) is 4.89. The van der Waals surface area contributed by atoms with E-state index in [1.54, 1.807) is 6.07 Å². The number of benzene rings is 1. The van der Waals surface area contributed by atoms with Crippen LogP contribution in [0.2, 0.25) is 0 Å². The molecule has 0 saturated carbocycles. The molecule has 0 amide bonds. The Balaban J connectivity index is 2.30. The van der Waals surface area contributed by atoms with Gasteiger partial charge in [-0.2, -0.15) is 0 Å². The van der Waals surface area contributed by atoms with Crippen molar-refractivity contribution in [2.45, 2.75) is 6.10 Å². The van der Waals surface area contributed by atoms with E-state index in [0.29, 0.717) is 5.56 Å². The smallest absolute Gasteiger partial charge is 0.371 e. The number of hydrogen-bond acceptors (Lipinski definition) is 3. The summed E-state index contributed by atoms with van der Waals surface area (Å²) in [5, 5.41) is 18.7. The van der Waals surface area contributed by atoms with Crippen molar-refractivity contribution in [1.29, 1.82) is 0 Å². The van der Waals surface area contributed by atoms with E-state index in [1.165, 1.54) is 12.1 Å². The number of furan rings is 1. The van der Waals surface area contributed by atoms with Crippen LogP contribution in [0.4, 0.5) is 0 Å². The van der Waals surface area contributed by atoms with Gasteiger partial charge in [0.05, 0.1) is 0 Å². The third-order valence-electron chi connectivity index (χ3n) is 2.27. The number of hydrogen-bond donors (Lipinski definition) is 2. The van der Waals surface area contributed by atoms with Crippen LogP contribution < -0.4 is 0 Å². The molecular formula is C12H9IO4. The average molecular weight is 344 g/mol. The molecule has 0 saturated heterocycles. The third-order valence-corrected chi connectivity index (χ3v) is 2.94. The van der Waals surface area contributed by atoms with Crippen molar-refractivity contribution in [3.05, 3.63) is 57.1 Å². The maximum absolute atomic E-state index is 10.7. The molecule has 0 spiro atoms. The summed E-state index contributed by atoms with van der Waals surface area (Å²) in [6.07, 6.45) is -0.946. The second-order valence-corrected chi connectivity index (χ2v) is 4.71. The van der Waals surface area contributed by atoms with Crippen LogP contribution in [0.1, 0.15) is 28.0 Å². The monoisotopic (exact) mass is 344 g/mol. The summed E-state index contributed by atoms with van der Waals surface area (Å²) in [6, 6.07) is 10.1. The van der Waals surface area contributed by atoms with Gasteiger partial charge in [-0.15, -0.1) is 0 Å². The number of carbonyl (C=O) groups is 1. The summed E-state index contributed by atoms with van der Waals surface area (Å²) in [5.41, 5.74) is 0.670. The summed E-state index contributed by atoms with van der Waals surface area (Å²) < 4.78 is 6.04. The second-order valence-electron chi connectivity index (χ2n) is 3.46. The third kappa shape index (κ3) is 2.67. The number of aliphatic hydroxyl groups is 1. The summed E-state index contributed by atoms with van der Waals surface area (Å²) in [4.78, 5) is 10.7. The molecule has 1 aromatic heterocycles. The fourth-order valence-corrected chi connectivity index (χ4v) is 2.02. The Bertz CT molecular complexity index is 547. The van der Waals surface area contributed by atoms with Crippen LogP contribution in [-0.2, 0) is 0 Å². The molecule has 2 rings (SSSR count). The van der Waals surface area contributed by atoms with Gasteiger partial charge in [-0.25, -0.2) is 4.79 Å². The number of rotatable bonds is 3.